The number of azide groups is 1. The van der Waals surface area contributed by atoms with Gasteiger partial charge in [0.05, 0.1) is 13.2 Å². The van der Waals surface area contributed by atoms with Crippen molar-refractivity contribution < 1.29 is 19.4 Å². The summed E-state index contributed by atoms with van der Waals surface area (Å²) in [6, 6.07) is 24.7. The third kappa shape index (κ3) is 7.45. The summed E-state index contributed by atoms with van der Waals surface area (Å²) in [5.41, 5.74) is 10.9. The van der Waals surface area contributed by atoms with Crippen LogP contribution < -0.4 is 10.1 Å². The molecule has 1 amide bonds. The third-order valence-corrected chi connectivity index (χ3v) is 7.05. The lowest BCUT2D eigenvalue weighted by molar-refractivity contribution is -0.128. The zero-order valence-corrected chi connectivity index (χ0v) is 23.4. The number of amides is 1. The fourth-order valence-corrected chi connectivity index (χ4v) is 4.94. The smallest absolute Gasteiger partial charge is 0.252 e. The molecule has 2 atom stereocenters. The van der Waals surface area contributed by atoms with E-state index in [-0.39, 0.29) is 19.1 Å². The number of hydrogen-bond donors (Lipinski definition) is 2. The number of aliphatic imine (C=N–C) groups is 1. The normalized spacial score (nSPS) is 17.7. The van der Waals surface area contributed by atoms with Crippen LogP contribution in [0.3, 0.4) is 0 Å². The summed E-state index contributed by atoms with van der Waals surface area (Å²) in [6.45, 7) is 3.27. The van der Waals surface area contributed by atoms with Crippen LogP contribution in [0.1, 0.15) is 61.0 Å². The number of nitrogens with zero attached hydrogens (tertiary/aromatic N) is 4. The van der Waals surface area contributed by atoms with Crippen molar-refractivity contribution in [3.63, 3.8) is 0 Å². The van der Waals surface area contributed by atoms with Crippen molar-refractivity contribution in [1.29, 1.82) is 0 Å². The first-order chi connectivity index (χ1) is 20.1. The average Bonchev–Trinajstić information content (AvgIpc) is 3.39. The lowest BCUT2D eigenvalue weighted by Crippen LogP contribution is -2.50. The number of aliphatic hydroxyl groups excluding tert-OH is 1. The molecule has 3 aromatic rings. The van der Waals surface area contributed by atoms with Crippen molar-refractivity contribution in [2.45, 2.75) is 57.2 Å². The molecule has 0 radical (unpaired) electrons. The Balaban J connectivity index is 1.78. The van der Waals surface area contributed by atoms with Crippen molar-refractivity contribution in [2.24, 2.45) is 10.1 Å². The standard InChI is InChI=1S/C32H37N5O4/c1-2-3-9-19-34-31(39)32(22-24-11-5-4-6-12-24)29(28-14-8-7-13-26(28)23-35-37-33)41-30(36-32)25-15-17-27(18-16-25)40-21-10-20-38/h4-8,11-18,29,38H,2-3,9-10,19-23H2,1H3,(H,34,39)/t29-,32-/m1/s1. The van der Waals surface area contributed by atoms with Crippen LogP contribution >= 0.6 is 0 Å². The van der Waals surface area contributed by atoms with Crippen molar-refractivity contribution in [1.82, 2.24) is 5.32 Å². The molecule has 0 unspecified atom stereocenters. The molecular formula is C32H37N5O4. The van der Waals surface area contributed by atoms with Gasteiger partial charge >= 0.3 is 0 Å². The van der Waals surface area contributed by atoms with Crippen molar-refractivity contribution in [2.75, 3.05) is 19.8 Å². The molecule has 2 N–H and O–H groups in total. The minimum atomic E-state index is -1.30. The van der Waals surface area contributed by atoms with E-state index in [2.05, 4.69) is 22.3 Å². The molecule has 1 aliphatic rings. The summed E-state index contributed by atoms with van der Waals surface area (Å²) in [5, 5.41) is 16.0. The van der Waals surface area contributed by atoms with E-state index in [4.69, 9.17) is 25.1 Å². The number of hydrogen-bond acceptors (Lipinski definition) is 6. The first-order valence-corrected chi connectivity index (χ1v) is 14.1. The quantitative estimate of drug-likeness (QED) is 0.102. The molecule has 4 rings (SSSR count). The molecular weight excluding hydrogens is 518 g/mol. The lowest BCUT2D eigenvalue weighted by Gasteiger charge is -2.32. The Hall–Kier alpha value is -4.33. The average molecular weight is 556 g/mol. The molecule has 0 bridgehead atoms. The van der Waals surface area contributed by atoms with Crippen LogP contribution in [0.5, 0.6) is 5.75 Å². The Morgan fingerprint density at radius 1 is 1.07 bits per heavy atom. The third-order valence-electron chi connectivity index (χ3n) is 7.05. The molecule has 214 valence electrons. The Morgan fingerprint density at radius 3 is 2.56 bits per heavy atom. The van der Waals surface area contributed by atoms with E-state index in [1.807, 2.05) is 78.9 Å². The maximum absolute atomic E-state index is 14.2. The molecule has 9 heteroatoms. The topological polar surface area (TPSA) is 129 Å². The van der Waals surface area contributed by atoms with E-state index in [1.165, 1.54) is 0 Å². The summed E-state index contributed by atoms with van der Waals surface area (Å²) in [7, 11) is 0. The maximum atomic E-state index is 14.2. The van der Waals surface area contributed by atoms with Gasteiger partial charge in [0.2, 0.25) is 5.90 Å². The van der Waals surface area contributed by atoms with E-state index < -0.39 is 11.6 Å². The van der Waals surface area contributed by atoms with E-state index >= 15 is 0 Å². The molecule has 0 spiro atoms. The van der Waals surface area contributed by atoms with Crippen LogP contribution in [-0.4, -0.2) is 42.2 Å². The van der Waals surface area contributed by atoms with Crippen molar-refractivity contribution in [3.05, 3.63) is 112 Å². The second kappa shape index (κ2) is 14.9. The Bertz CT molecular complexity index is 1360. The Kier molecular flexibility index (Phi) is 10.8. The lowest BCUT2D eigenvalue weighted by atomic mass is 9.80. The molecule has 0 aromatic heterocycles. The van der Waals surface area contributed by atoms with Gasteiger partial charge in [0.15, 0.2) is 11.6 Å². The number of aliphatic hydroxyl groups is 1. The highest BCUT2D eigenvalue weighted by atomic mass is 16.5. The zero-order chi connectivity index (χ0) is 28.9. The highest BCUT2D eigenvalue weighted by molar-refractivity contribution is 6.01. The van der Waals surface area contributed by atoms with Gasteiger partial charge in [-0.3, -0.25) is 4.79 Å². The largest absolute Gasteiger partial charge is 0.494 e. The number of nitrogens with one attached hydrogen (secondary N) is 1. The minimum absolute atomic E-state index is 0.0648. The van der Waals surface area contributed by atoms with Gasteiger partial charge in [-0.05, 0) is 52.9 Å². The molecule has 41 heavy (non-hydrogen) atoms. The van der Waals surface area contributed by atoms with E-state index in [0.29, 0.717) is 43.2 Å². The molecule has 9 nitrogen and oxygen atoms in total. The molecule has 3 aromatic carbocycles. The molecule has 0 saturated heterocycles. The number of carbonyl (C=O) groups excluding carboxylic acids is 1. The van der Waals surface area contributed by atoms with E-state index in [0.717, 1.165) is 36.0 Å². The monoisotopic (exact) mass is 555 g/mol. The number of unbranched alkanes of at least 4 members (excludes halogenated alkanes) is 2. The van der Waals surface area contributed by atoms with Crippen LogP contribution in [0.2, 0.25) is 0 Å². The van der Waals surface area contributed by atoms with Gasteiger partial charge in [-0.15, -0.1) is 0 Å². The van der Waals surface area contributed by atoms with Gasteiger partial charge in [-0.2, -0.15) is 0 Å². The number of carbonyl (C=O) groups is 1. The molecule has 1 aliphatic heterocycles. The summed E-state index contributed by atoms with van der Waals surface area (Å²) in [5.74, 6) is 0.816. The summed E-state index contributed by atoms with van der Waals surface area (Å²) in [4.78, 5) is 22.2. The van der Waals surface area contributed by atoms with Gasteiger partial charge < -0.3 is 19.9 Å². The summed E-state index contributed by atoms with van der Waals surface area (Å²) in [6.07, 6.45) is 3.04. The van der Waals surface area contributed by atoms with Crippen LogP contribution in [0.15, 0.2) is 89.0 Å². The van der Waals surface area contributed by atoms with Crippen LogP contribution in [0.4, 0.5) is 0 Å². The highest BCUT2D eigenvalue weighted by Crippen LogP contribution is 2.43. The summed E-state index contributed by atoms with van der Waals surface area (Å²) >= 11 is 0. The van der Waals surface area contributed by atoms with E-state index in [9.17, 15) is 4.79 Å². The van der Waals surface area contributed by atoms with Crippen molar-refractivity contribution in [3.8, 4) is 5.75 Å². The SMILES string of the molecule is CCCCCNC(=O)[C@]1(Cc2ccccc2)N=C(c2ccc(OCCCO)cc2)O[C@@H]1c1ccccc1CN=[N+]=[N-]. The number of benzene rings is 3. The molecule has 1 heterocycles. The fraction of sp³-hybridized carbons (Fsp3) is 0.375. The van der Waals surface area contributed by atoms with Gasteiger partial charge in [0.25, 0.3) is 5.91 Å². The second-order valence-electron chi connectivity index (χ2n) is 10.0. The van der Waals surface area contributed by atoms with Gasteiger partial charge in [0.1, 0.15) is 5.75 Å². The maximum Gasteiger partial charge on any atom is 0.252 e. The van der Waals surface area contributed by atoms with Gasteiger partial charge in [-0.1, -0.05) is 79.5 Å². The molecule has 0 fully saturated rings. The van der Waals surface area contributed by atoms with Crippen LogP contribution in [-0.2, 0) is 22.5 Å². The van der Waals surface area contributed by atoms with Crippen LogP contribution in [0.25, 0.3) is 10.4 Å². The van der Waals surface area contributed by atoms with Gasteiger partial charge in [-0.25, -0.2) is 4.99 Å². The first-order valence-electron chi connectivity index (χ1n) is 14.1. The second-order valence-corrected chi connectivity index (χ2v) is 10.0. The van der Waals surface area contributed by atoms with Crippen molar-refractivity contribution >= 4 is 11.8 Å². The Labute approximate surface area is 240 Å². The minimum Gasteiger partial charge on any atom is -0.494 e. The van der Waals surface area contributed by atoms with Gasteiger partial charge in [0, 0.05) is 36.5 Å². The number of rotatable bonds is 15. The Morgan fingerprint density at radius 2 is 1.83 bits per heavy atom. The first kappa shape index (κ1) is 29.6. The predicted octanol–water partition coefficient (Wildman–Crippen LogP) is 6.06. The fourth-order valence-electron chi connectivity index (χ4n) is 4.94. The molecule has 0 saturated carbocycles. The molecule has 0 aliphatic carbocycles. The van der Waals surface area contributed by atoms with E-state index in [1.54, 1.807) is 0 Å². The number of ether oxygens (including phenoxy) is 2. The summed E-state index contributed by atoms with van der Waals surface area (Å²) < 4.78 is 12.3. The zero-order valence-electron chi connectivity index (χ0n) is 23.4. The highest BCUT2D eigenvalue weighted by Gasteiger charge is 2.53. The van der Waals surface area contributed by atoms with Crippen LogP contribution in [0, 0.1) is 0 Å². The predicted molar refractivity (Wildman–Crippen MR) is 159 cm³/mol.